The molecule has 0 spiro atoms. The standard InChI is InChI=1S/C51H29N3O2/c1-2-12-32(13-3-1)49-52-50(35-22-23-38-34(26-35)19-18-30-10-4-6-14-37(30)38)54-51(53-49)43-27-36(29-46-47(43)42-16-8-9-17-44(42)55-46)33-21-24-40-41-25-20-31-11-5-7-15-39(31)48(41)56-45(40)28-33/h1-29H. The van der Waals surface area contributed by atoms with E-state index in [0.29, 0.717) is 17.5 Å². The van der Waals surface area contributed by atoms with Crippen molar-refractivity contribution in [2.24, 2.45) is 0 Å². The van der Waals surface area contributed by atoms with Crippen LogP contribution >= 0.6 is 0 Å². The minimum Gasteiger partial charge on any atom is -0.456 e. The third-order valence-corrected chi connectivity index (χ3v) is 11.1. The first kappa shape index (κ1) is 30.8. The molecule has 56 heavy (non-hydrogen) atoms. The molecule has 0 saturated carbocycles. The zero-order valence-electron chi connectivity index (χ0n) is 29.9. The molecule has 0 aliphatic heterocycles. The average Bonchev–Trinajstić information content (AvgIpc) is 3.84. The van der Waals surface area contributed by atoms with Crippen LogP contribution in [0, 0.1) is 0 Å². The maximum absolute atomic E-state index is 6.61. The topological polar surface area (TPSA) is 65.0 Å². The van der Waals surface area contributed by atoms with Crippen molar-refractivity contribution >= 4 is 76.2 Å². The van der Waals surface area contributed by atoms with E-state index in [-0.39, 0.29) is 0 Å². The number of nitrogens with zero attached hydrogens (tertiary/aromatic N) is 3. The summed E-state index contributed by atoms with van der Waals surface area (Å²) in [6.07, 6.45) is 0. The van der Waals surface area contributed by atoms with Gasteiger partial charge in [0, 0.05) is 43.6 Å². The Balaban J connectivity index is 1.09. The van der Waals surface area contributed by atoms with Gasteiger partial charge in [0.15, 0.2) is 17.5 Å². The SMILES string of the molecule is c1ccc(-c2nc(-c3ccc4c(ccc5ccccc54)c3)nc(-c3cc(-c4ccc5c(c4)oc4c6ccccc6ccc54)cc4oc5ccccc5c34)n2)cc1. The summed E-state index contributed by atoms with van der Waals surface area (Å²) in [5.74, 6) is 1.78. The molecule has 5 heteroatoms. The van der Waals surface area contributed by atoms with Crippen molar-refractivity contribution in [3.05, 3.63) is 176 Å². The van der Waals surface area contributed by atoms with Crippen LogP contribution in [0.3, 0.4) is 0 Å². The van der Waals surface area contributed by atoms with Crippen molar-refractivity contribution in [3.63, 3.8) is 0 Å². The molecule has 12 rings (SSSR count). The first-order valence-electron chi connectivity index (χ1n) is 18.8. The zero-order valence-corrected chi connectivity index (χ0v) is 29.9. The van der Waals surface area contributed by atoms with E-state index in [2.05, 4.69) is 127 Å². The predicted octanol–water partition coefficient (Wildman–Crippen LogP) is 13.8. The molecule has 3 heterocycles. The van der Waals surface area contributed by atoms with Gasteiger partial charge in [0.05, 0.1) is 0 Å². The van der Waals surface area contributed by atoms with Crippen LogP contribution < -0.4 is 0 Å². The number of hydrogen-bond acceptors (Lipinski definition) is 5. The van der Waals surface area contributed by atoms with Crippen LogP contribution in [0.2, 0.25) is 0 Å². The van der Waals surface area contributed by atoms with E-state index in [1.165, 1.54) is 16.2 Å². The molecule has 9 aromatic carbocycles. The normalized spacial score (nSPS) is 11.9. The lowest BCUT2D eigenvalue weighted by Gasteiger charge is -2.12. The van der Waals surface area contributed by atoms with Crippen LogP contribution in [-0.4, -0.2) is 15.0 Å². The molecule has 0 unspecified atom stereocenters. The second-order valence-corrected chi connectivity index (χ2v) is 14.4. The Labute approximate surface area is 320 Å². The van der Waals surface area contributed by atoms with Crippen molar-refractivity contribution in [2.45, 2.75) is 0 Å². The Morgan fingerprint density at radius 1 is 0.304 bits per heavy atom. The summed E-state index contributed by atoms with van der Waals surface area (Å²) < 4.78 is 13.2. The molecule has 0 N–H and O–H groups in total. The van der Waals surface area contributed by atoms with Gasteiger partial charge in [-0.05, 0) is 80.5 Å². The number of fused-ring (bicyclic) bond motifs is 11. The molecule has 260 valence electrons. The molecular weight excluding hydrogens is 687 g/mol. The number of rotatable bonds is 4. The molecule has 0 saturated heterocycles. The fourth-order valence-electron chi connectivity index (χ4n) is 8.38. The molecule has 0 radical (unpaired) electrons. The van der Waals surface area contributed by atoms with Gasteiger partial charge in [-0.2, -0.15) is 0 Å². The summed E-state index contributed by atoms with van der Waals surface area (Å²) in [5, 5.41) is 11.2. The van der Waals surface area contributed by atoms with Gasteiger partial charge >= 0.3 is 0 Å². The maximum Gasteiger partial charge on any atom is 0.164 e. The van der Waals surface area contributed by atoms with E-state index >= 15 is 0 Å². The van der Waals surface area contributed by atoms with Crippen molar-refractivity contribution in [3.8, 4) is 45.3 Å². The van der Waals surface area contributed by atoms with Gasteiger partial charge in [0.2, 0.25) is 0 Å². The van der Waals surface area contributed by atoms with Gasteiger partial charge in [-0.1, -0.05) is 133 Å². The number of benzene rings is 9. The number of aromatic nitrogens is 3. The number of hydrogen-bond donors (Lipinski definition) is 0. The van der Waals surface area contributed by atoms with Crippen LogP contribution in [-0.2, 0) is 0 Å². The van der Waals surface area contributed by atoms with Gasteiger partial charge < -0.3 is 8.83 Å². The van der Waals surface area contributed by atoms with Crippen molar-refractivity contribution < 1.29 is 8.83 Å². The van der Waals surface area contributed by atoms with Crippen LogP contribution in [0.25, 0.3) is 121 Å². The molecule has 3 aromatic heterocycles. The highest BCUT2D eigenvalue weighted by molar-refractivity contribution is 6.16. The Bertz CT molecular complexity index is 3550. The summed E-state index contributed by atoms with van der Waals surface area (Å²) in [6.45, 7) is 0. The fourth-order valence-corrected chi connectivity index (χ4v) is 8.38. The summed E-state index contributed by atoms with van der Waals surface area (Å²) >= 11 is 0. The lowest BCUT2D eigenvalue weighted by atomic mass is 9.97. The summed E-state index contributed by atoms with van der Waals surface area (Å²) in [5.41, 5.74) is 7.97. The third-order valence-electron chi connectivity index (χ3n) is 11.1. The van der Waals surface area contributed by atoms with Crippen LogP contribution in [0.15, 0.2) is 185 Å². The Hall–Kier alpha value is -7.63. The minimum atomic E-state index is 0.571. The van der Waals surface area contributed by atoms with Crippen LogP contribution in [0.4, 0.5) is 0 Å². The zero-order chi connectivity index (χ0) is 36.7. The molecule has 0 aliphatic carbocycles. The number of para-hydroxylation sites is 1. The minimum absolute atomic E-state index is 0.571. The third kappa shape index (κ3) is 4.78. The average molecular weight is 716 g/mol. The molecule has 0 amide bonds. The van der Waals surface area contributed by atoms with E-state index in [1.807, 2.05) is 48.5 Å². The molecule has 0 bridgehead atoms. The van der Waals surface area contributed by atoms with Gasteiger partial charge in [-0.3, -0.25) is 0 Å². The fraction of sp³-hybridized carbons (Fsp3) is 0. The highest BCUT2D eigenvalue weighted by Gasteiger charge is 2.21. The Kier molecular flexibility index (Phi) is 6.56. The highest BCUT2D eigenvalue weighted by Crippen LogP contribution is 2.42. The van der Waals surface area contributed by atoms with Gasteiger partial charge in [0.25, 0.3) is 0 Å². The maximum atomic E-state index is 6.61. The number of furan rings is 2. The van der Waals surface area contributed by atoms with Gasteiger partial charge in [-0.25, -0.2) is 15.0 Å². The van der Waals surface area contributed by atoms with Crippen molar-refractivity contribution in [1.29, 1.82) is 0 Å². The predicted molar refractivity (Wildman–Crippen MR) is 229 cm³/mol. The largest absolute Gasteiger partial charge is 0.456 e. The van der Waals surface area contributed by atoms with Crippen LogP contribution in [0.5, 0.6) is 0 Å². The van der Waals surface area contributed by atoms with E-state index in [0.717, 1.165) is 87.9 Å². The van der Waals surface area contributed by atoms with Crippen molar-refractivity contribution in [2.75, 3.05) is 0 Å². The molecule has 12 aromatic rings. The Morgan fingerprint density at radius 3 is 1.79 bits per heavy atom. The monoisotopic (exact) mass is 715 g/mol. The van der Waals surface area contributed by atoms with Crippen LogP contribution in [0.1, 0.15) is 0 Å². The lowest BCUT2D eigenvalue weighted by Crippen LogP contribution is -2.00. The molecule has 0 atom stereocenters. The second kappa shape index (κ2) is 11.9. The Morgan fingerprint density at radius 2 is 0.911 bits per heavy atom. The summed E-state index contributed by atoms with van der Waals surface area (Å²) in [4.78, 5) is 15.6. The summed E-state index contributed by atoms with van der Waals surface area (Å²) in [7, 11) is 0. The first-order chi connectivity index (χ1) is 27.7. The molecule has 5 nitrogen and oxygen atoms in total. The van der Waals surface area contributed by atoms with E-state index in [9.17, 15) is 0 Å². The summed E-state index contributed by atoms with van der Waals surface area (Å²) in [6, 6.07) is 61.0. The van der Waals surface area contributed by atoms with Gasteiger partial charge in [-0.15, -0.1) is 0 Å². The smallest absolute Gasteiger partial charge is 0.164 e. The quantitative estimate of drug-likeness (QED) is 0.170. The van der Waals surface area contributed by atoms with E-state index in [4.69, 9.17) is 23.8 Å². The van der Waals surface area contributed by atoms with Crippen molar-refractivity contribution in [1.82, 2.24) is 15.0 Å². The molecule has 0 fully saturated rings. The molecule has 0 aliphatic rings. The van der Waals surface area contributed by atoms with E-state index in [1.54, 1.807) is 0 Å². The lowest BCUT2D eigenvalue weighted by molar-refractivity contribution is 0.669. The first-order valence-corrected chi connectivity index (χ1v) is 18.8. The second-order valence-electron chi connectivity index (χ2n) is 14.4. The molecular formula is C51H29N3O2. The van der Waals surface area contributed by atoms with E-state index < -0.39 is 0 Å². The highest BCUT2D eigenvalue weighted by atomic mass is 16.3. The van der Waals surface area contributed by atoms with Gasteiger partial charge in [0.1, 0.15) is 22.3 Å².